The average molecular weight is 232 g/mol. The summed E-state index contributed by atoms with van der Waals surface area (Å²) in [7, 11) is 0. The molecule has 2 atom stereocenters. The molecule has 0 spiro atoms. The molecule has 0 saturated heterocycles. The Morgan fingerprint density at radius 3 is 1.22 bits per heavy atom. The Kier molecular flexibility index (Phi) is 3.74. The predicted octanol–water partition coefficient (Wildman–Crippen LogP) is 3.60. The van der Waals surface area contributed by atoms with Crippen LogP contribution in [0.4, 0.5) is 0 Å². The van der Waals surface area contributed by atoms with Gasteiger partial charge in [0.2, 0.25) is 0 Å². The minimum Gasteiger partial charge on any atom is -0.198 e. The Morgan fingerprint density at radius 1 is 0.611 bits per heavy atom. The van der Waals surface area contributed by atoms with E-state index in [1.165, 1.54) is 0 Å². The van der Waals surface area contributed by atoms with Crippen LogP contribution in [0.1, 0.15) is 23.0 Å². The third kappa shape index (κ3) is 2.39. The highest BCUT2D eigenvalue weighted by atomic mass is 14.4. The third-order valence-corrected chi connectivity index (χ3v) is 2.93. The van der Waals surface area contributed by atoms with Gasteiger partial charge >= 0.3 is 0 Å². The number of hydrogen-bond donors (Lipinski definition) is 0. The summed E-state index contributed by atoms with van der Waals surface area (Å²) in [6, 6.07) is 23.4. The van der Waals surface area contributed by atoms with Gasteiger partial charge in [-0.15, -0.1) is 0 Å². The van der Waals surface area contributed by atoms with Crippen LogP contribution < -0.4 is 0 Å². The zero-order valence-electron chi connectivity index (χ0n) is 9.82. The van der Waals surface area contributed by atoms with E-state index in [-0.39, 0.29) is 0 Å². The minimum atomic E-state index is -0.432. The molecular formula is C16H12N2. The highest BCUT2D eigenvalue weighted by molar-refractivity contribution is 5.36. The fraction of sp³-hybridized carbons (Fsp3) is 0.125. The second-order valence-corrected chi connectivity index (χ2v) is 4.03. The maximum Gasteiger partial charge on any atom is 0.0911 e. The second kappa shape index (κ2) is 5.66. The molecule has 86 valence electrons. The highest BCUT2D eigenvalue weighted by Gasteiger charge is 2.24. The molecule has 2 rings (SSSR count). The summed E-state index contributed by atoms with van der Waals surface area (Å²) >= 11 is 0. The first-order chi connectivity index (χ1) is 8.86. The van der Waals surface area contributed by atoms with Crippen LogP contribution >= 0.6 is 0 Å². The molecule has 0 N–H and O–H groups in total. The fourth-order valence-corrected chi connectivity index (χ4v) is 2.00. The Labute approximate surface area is 107 Å². The van der Waals surface area contributed by atoms with E-state index < -0.39 is 11.8 Å². The van der Waals surface area contributed by atoms with Gasteiger partial charge in [-0.3, -0.25) is 0 Å². The first-order valence-electron chi connectivity index (χ1n) is 5.76. The zero-order valence-corrected chi connectivity index (χ0v) is 9.82. The molecule has 0 heterocycles. The molecule has 0 aromatic heterocycles. The van der Waals surface area contributed by atoms with Crippen molar-refractivity contribution in [2.45, 2.75) is 11.8 Å². The SMILES string of the molecule is N#CC(c1ccccc1)C(C#N)c1ccccc1. The molecule has 0 saturated carbocycles. The first kappa shape index (κ1) is 11.9. The van der Waals surface area contributed by atoms with E-state index in [4.69, 9.17) is 0 Å². The van der Waals surface area contributed by atoms with Crippen molar-refractivity contribution in [3.05, 3.63) is 71.8 Å². The van der Waals surface area contributed by atoms with Gasteiger partial charge in [0, 0.05) is 0 Å². The van der Waals surface area contributed by atoms with Crippen LogP contribution in [0.15, 0.2) is 60.7 Å². The fourth-order valence-electron chi connectivity index (χ4n) is 2.00. The number of hydrogen-bond acceptors (Lipinski definition) is 2. The largest absolute Gasteiger partial charge is 0.198 e. The van der Waals surface area contributed by atoms with E-state index in [9.17, 15) is 10.5 Å². The highest BCUT2D eigenvalue weighted by Crippen LogP contribution is 2.31. The lowest BCUT2D eigenvalue weighted by molar-refractivity contribution is 0.761. The first-order valence-corrected chi connectivity index (χ1v) is 5.76. The number of nitriles is 2. The summed E-state index contributed by atoms with van der Waals surface area (Å²) in [6.45, 7) is 0. The molecule has 2 heteroatoms. The van der Waals surface area contributed by atoms with Crippen molar-refractivity contribution in [1.29, 1.82) is 10.5 Å². The summed E-state index contributed by atoms with van der Waals surface area (Å²) in [4.78, 5) is 0. The lowest BCUT2D eigenvalue weighted by Gasteiger charge is -2.15. The normalized spacial score (nSPS) is 13.0. The van der Waals surface area contributed by atoms with Gasteiger partial charge in [-0.25, -0.2) is 0 Å². The van der Waals surface area contributed by atoms with Crippen molar-refractivity contribution < 1.29 is 0 Å². The Balaban J connectivity index is 2.39. The summed E-state index contributed by atoms with van der Waals surface area (Å²) in [5.74, 6) is -0.864. The molecular weight excluding hydrogens is 220 g/mol. The molecule has 2 nitrogen and oxygen atoms in total. The van der Waals surface area contributed by atoms with Gasteiger partial charge in [-0.05, 0) is 11.1 Å². The maximum atomic E-state index is 9.34. The van der Waals surface area contributed by atoms with Crippen LogP contribution in [-0.4, -0.2) is 0 Å². The van der Waals surface area contributed by atoms with Crippen LogP contribution in [0, 0.1) is 22.7 Å². The van der Waals surface area contributed by atoms with E-state index in [1.54, 1.807) is 0 Å². The summed E-state index contributed by atoms with van der Waals surface area (Å²) in [6.07, 6.45) is 0. The molecule has 0 bridgehead atoms. The van der Waals surface area contributed by atoms with Crippen molar-refractivity contribution in [3.63, 3.8) is 0 Å². The monoisotopic (exact) mass is 232 g/mol. The maximum absolute atomic E-state index is 9.34. The number of rotatable bonds is 3. The van der Waals surface area contributed by atoms with Crippen molar-refractivity contribution in [1.82, 2.24) is 0 Å². The van der Waals surface area contributed by atoms with Crippen molar-refractivity contribution >= 4 is 0 Å². The van der Waals surface area contributed by atoms with E-state index >= 15 is 0 Å². The van der Waals surface area contributed by atoms with Crippen molar-refractivity contribution in [2.75, 3.05) is 0 Å². The predicted molar refractivity (Wildman–Crippen MR) is 69.6 cm³/mol. The summed E-state index contributed by atoms with van der Waals surface area (Å²) in [5.41, 5.74) is 1.77. The van der Waals surface area contributed by atoms with Crippen LogP contribution in [0.5, 0.6) is 0 Å². The molecule has 2 unspecified atom stereocenters. The molecule has 0 aliphatic carbocycles. The lowest BCUT2D eigenvalue weighted by Crippen LogP contribution is -2.08. The standard InChI is InChI=1S/C16H12N2/c17-11-15(13-7-3-1-4-8-13)16(12-18)14-9-5-2-6-10-14/h1-10,15-16H. The average Bonchev–Trinajstić information content (AvgIpc) is 2.46. The Morgan fingerprint density at radius 2 is 0.944 bits per heavy atom. The Bertz CT molecular complexity index is 520. The summed E-state index contributed by atoms with van der Waals surface area (Å²) in [5, 5.41) is 18.7. The second-order valence-electron chi connectivity index (χ2n) is 4.03. The van der Waals surface area contributed by atoms with Gasteiger partial charge in [-0.1, -0.05) is 60.7 Å². The van der Waals surface area contributed by atoms with Crippen LogP contribution in [-0.2, 0) is 0 Å². The zero-order chi connectivity index (χ0) is 12.8. The summed E-state index contributed by atoms with van der Waals surface area (Å²) < 4.78 is 0. The van der Waals surface area contributed by atoms with Gasteiger partial charge in [0.1, 0.15) is 0 Å². The smallest absolute Gasteiger partial charge is 0.0911 e. The molecule has 2 aromatic carbocycles. The van der Waals surface area contributed by atoms with Crippen molar-refractivity contribution in [3.8, 4) is 12.1 Å². The van der Waals surface area contributed by atoms with Gasteiger partial charge < -0.3 is 0 Å². The molecule has 0 fully saturated rings. The van der Waals surface area contributed by atoms with E-state index in [0.717, 1.165) is 11.1 Å². The third-order valence-electron chi connectivity index (χ3n) is 2.93. The van der Waals surface area contributed by atoms with E-state index in [0.29, 0.717) is 0 Å². The Hall–Kier alpha value is -2.58. The number of nitrogens with zero attached hydrogens (tertiary/aromatic N) is 2. The molecule has 0 aliphatic heterocycles. The van der Waals surface area contributed by atoms with Crippen LogP contribution in [0.2, 0.25) is 0 Å². The molecule has 0 aliphatic rings. The van der Waals surface area contributed by atoms with Gasteiger partial charge in [0.15, 0.2) is 0 Å². The molecule has 2 aromatic rings. The number of benzene rings is 2. The van der Waals surface area contributed by atoms with Crippen LogP contribution in [0.3, 0.4) is 0 Å². The molecule has 18 heavy (non-hydrogen) atoms. The topological polar surface area (TPSA) is 47.6 Å². The van der Waals surface area contributed by atoms with Crippen LogP contribution in [0.25, 0.3) is 0 Å². The van der Waals surface area contributed by atoms with E-state index in [1.807, 2.05) is 60.7 Å². The van der Waals surface area contributed by atoms with Gasteiger partial charge in [-0.2, -0.15) is 10.5 Å². The lowest BCUT2D eigenvalue weighted by atomic mass is 9.83. The van der Waals surface area contributed by atoms with Crippen molar-refractivity contribution in [2.24, 2.45) is 0 Å². The molecule has 0 amide bonds. The van der Waals surface area contributed by atoms with Gasteiger partial charge in [0.05, 0.1) is 24.0 Å². The molecule has 0 radical (unpaired) electrons. The minimum absolute atomic E-state index is 0.432. The van der Waals surface area contributed by atoms with E-state index in [2.05, 4.69) is 12.1 Å². The quantitative estimate of drug-likeness (QED) is 0.811. The van der Waals surface area contributed by atoms with Gasteiger partial charge in [0.25, 0.3) is 0 Å².